The van der Waals surface area contributed by atoms with Crippen molar-refractivity contribution in [1.29, 1.82) is 0 Å². The molecule has 1 rings (SSSR count). The topological polar surface area (TPSA) is 26.0 Å². The molecule has 0 aromatic carbocycles. The molecule has 1 aromatic heterocycles. The lowest BCUT2D eigenvalue weighted by molar-refractivity contribution is 0.389. The highest BCUT2D eigenvalue weighted by atomic mass is 16.5. The number of hydrogen-bond acceptors (Lipinski definition) is 2. The molecule has 0 spiro atoms. The van der Waals surface area contributed by atoms with Crippen molar-refractivity contribution in [2.75, 3.05) is 0 Å². The molecule has 62 valence electrons. The Kier molecular flexibility index (Phi) is 2.69. The zero-order valence-corrected chi connectivity index (χ0v) is 7.48. The van der Waals surface area contributed by atoms with Crippen molar-refractivity contribution >= 4 is 0 Å². The molecule has 0 N–H and O–H groups in total. The van der Waals surface area contributed by atoms with E-state index < -0.39 is 0 Å². The summed E-state index contributed by atoms with van der Waals surface area (Å²) in [7, 11) is 0. The normalized spacial score (nSPS) is 10.5. The molecule has 0 atom stereocenters. The van der Waals surface area contributed by atoms with Crippen LogP contribution < -0.4 is 0 Å². The largest absolute Gasteiger partial charge is 0.361 e. The lowest BCUT2D eigenvalue weighted by Gasteiger charge is -1.94. The van der Waals surface area contributed by atoms with E-state index >= 15 is 0 Å². The first-order chi connectivity index (χ1) is 5.29. The third-order valence-electron chi connectivity index (χ3n) is 1.91. The molecule has 0 aliphatic rings. The van der Waals surface area contributed by atoms with Gasteiger partial charge in [0.25, 0.3) is 0 Å². The van der Waals surface area contributed by atoms with E-state index in [2.05, 4.69) is 19.0 Å². The number of aromatic nitrogens is 1. The second kappa shape index (κ2) is 3.56. The molecule has 0 saturated heterocycles. The summed E-state index contributed by atoms with van der Waals surface area (Å²) in [4.78, 5) is 0. The Morgan fingerprint density at radius 2 is 2.09 bits per heavy atom. The maximum Gasteiger partial charge on any atom is 0.137 e. The van der Waals surface area contributed by atoms with Crippen LogP contribution in [-0.2, 0) is 12.8 Å². The Balaban J connectivity index is 2.86. The van der Waals surface area contributed by atoms with Crippen LogP contribution in [0.25, 0.3) is 0 Å². The first-order valence-electron chi connectivity index (χ1n) is 4.23. The van der Waals surface area contributed by atoms with Crippen molar-refractivity contribution in [2.45, 2.75) is 40.0 Å². The van der Waals surface area contributed by atoms with Gasteiger partial charge >= 0.3 is 0 Å². The average Bonchev–Trinajstić information content (AvgIpc) is 2.33. The van der Waals surface area contributed by atoms with Gasteiger partial charge in [0.2, 0.25) is 0 Å². The van der Waals surface area contributed by atoms with Gasteiger partial charge in [-0.25, -0.2) is 0 Å². The van der Waals surface area contributed by atoms with Gasteiger partial charge in [-0.1, -0.05) is 25.4 Å². The highest BCUT2D eigenvalue weighted by Crippen LogP contribution is 2.14. The van der Waals surface area contributed by atoms with E-state index in [0.29, 0.717) is 0 Å². The Morgan fingerprint density at radius 1 is 1.36 bits per heavy atom. The number of rotatable bonds is 3. The first kappa shape index (κ1) is 8.31. The lowest BCUT2D eigenvalue weighted by atomic mass is 10.1. The smallest absolute Gasteiger partial charge is 0.137 e. The van der Waals surface area contributed by atoms with Crippen LogP contribution in [0, 0.1) is 6.92 Å². The van der Waals surface area contributed by atoms with Crippen LogP contribution in [0.4, 0.5) is 0 Å². The van der Waals surface area contributed by atoms with Crippen molar-refractivity contribution in [1.82, 2.24) is 5.16 Å². The molecule has 0 unspecified atom stereocenters. The van der Waals surface area contributed by atoms with E-state index in [1.807, 2.05) is 6.92 Å². The molecule has 0 radical (unpaired) electrons. The van der Waals surface area contributed by atoms with Crippen LogP contribution in [0.3, 0.4) is 0 Å². The Morgan fingerprint density at radius 3 is 2.64 bits per heavy atom. The van der Waals surface area contributed by atoms with E-state index in [1.54, 1.807) is 0 Å². The van der Waals surface area contributed by atoms with Crippen molar-refractivity contribution < 1.29 is 4.52 Å². The van der Waals surface area contributed by atoms with Gasteiger partial charge in [-0.3, -0.25) is 0 Å². The molecule has 0 aliphatic carbocycles. The highest BCUT2D eigenvalue weighted by molar-refractivity contribution is 5.21. The summed E-state index contributed by atoms with van der Waals surface area (Å²) in [5.41, 5.74) is 2.44. The van der Waals surface area contributed by atoms with Crippen LogP contribution in [0.2, 0.25) is 0 Å². The van der Waals surface area contributed by atoms with E-state index in [4.69, 9.17) is 4.52 Å². The predicted octanol–water partition coefficient (Wildman–Crippen LogP) is 2.50. The Bertz CT molecular complexity index is 227. The molecule has 0 aliphatic heterocycles. The lowest BCUT2D eigenvalue weighted by Crippen LogP contribution is -1.90. The summed E-state index contributed by atoms with van der Waals surface area (Å²) in [6.45, 7) is 6.27. The van der Waals surface area contributed by atoms with Crippen LogP contribution >= 0.6 is 0 Å². The fourth-order valence-corrected chi connectivity index (χ4v) is 1.32. The van der Waals surface area contributed by atoms with Crippen LogP contribution in [0.1, 0.15) is 37.3 Å². The third-order valence-corrected chi connectivity index (χ3v) is 1.91. The molecule has 11 heavy (non-hydrogen) atoms. The number of aryl methyl sites for hydroxylation is 2. The minimum absolute atomic E-state index is 0.982. The molecule has 1 aromatic rings. The fraction of sp³-hybridized carbons (Fsp3) is 0.667. The SMILES string of the molecule is CCCc1noc(C)c1CC. The van der Waals surface area contributed by atoms with Crippen molar-refractivity contribution in [3.63, 3.8) is 0 Å². The molecule has 2 heteroatoms. The van der Waals surface area contributed by atoms with E-state index in [0.717, 1.165) is 30.7 Å². The zero-order valence-electron chi connectivity index (χ0n) is 7.48. The molecule has 1 heterocycles. The third kappa shape index (κ3) is 1.62. The molecule has 2 nitrogen and oxygen atoms in total. The summed E-state index contributed by atoms with van der Waals surface area (Å²) in [5.74, 6) is 0.982. The van der Waals surface area contributed by atoms with Gasteiger partial charge in [0.05, 0.1) is 5.69 Å². The molecular weight excluding hydrogens is 138 g/mol. The van der Waals surface area contributed by atoms with Gasteiger partial charge in [0.1, 0.15) is 5.76 Å². The van der Waals surface area contributed by atoms with Crippen LogP contribution in [-0.4, -0.2) is 5.16 Å². The predicted molar refractivity (Wildman–Crippen MR) is 44.6 cm³/mol. The molecule has 0 amide bonds. The van der Waals surface area contributed by atoms with E-state index in [1.165, 1.54) is 5.56 Å². The maximum absolute atomic E-state index is 5.09. The fourth-order valence-electron chi connectivity index (χ4n) is 1.32. The monoisotopic (exact) mass is 153 g/mol. The van der Waals surface area contributed by atoms with Gasteiger partial charge in [-0.05, 0) is 19.8 Å². The van der Waals surface area contributed by atoms with Crippen molar-refractivity contribution in [2.24, 2.45) is 0 Å². The van der Waals surface area contributed by atoms with Crippen molar-refractivity contribution in [3.05, 3.63) is 17.0 Å². The summed E-state index contributed by atoms with van der Waals surface area (Å²) in [5, 5.41) is 4.00. The Labute approximate surface area is 67.6 Å². The standard InChI is InChI=1S/C9H15NO/c1-4-6-9-8(5-2)7(3)11-10-9/h4-6H2,1-3H3. The van der Waals surface area contributed by atoms with Gasteiger partial charge < -0.3 is 4.52 Å². The summed E-state index contributed by atoms with van der Waals surface area (Å²) < 4.78 is 5.09. The highest BCUT2D eigenvalue weighted by Gasteiger charge is 2.08. The summed E-state index contributed by atoms with van der Waals surface area (Å²) in [6, 6.07) is 0. The van der Waals surface area contributed by atoms with E-state index in [9.17, 15) is 0 Å². The molecule has 0 saturated carbocycles. The molecular formula is C9H15NO. The van der Waals surface area contributed by atoms with Crippen LogP contribution in [0.5, 0.6) is 0 Å². The minimum Gasteiger partial charge on any atom is -0.361 e. The van der Waals surface area contributed by atoms with Gasteiger partial charge in [0.15, 0.2) is 0 Å². The van der Waals surface area contributed by atoms with Gasteiger partial charge in [0, 0.05) is 5.56 Å². The average molecular weight is 153 g/mol. The number of hydrogen-bond donors (Lipinski definition) is 0. The summed E-state index contributed by atoms with van der Waals surface area (Å²) in [6.07, 6.45) is 3.21. The quantitative estimate of drug-likeness (QED) is 0.666. The van der Waals surface area contributed by atoms with Gasteiger partial charge in [-0.2, -0.15) is 0 Å². The van der Waals surface area contributed by atoms with Gasteiger partial charge in [-0.15, -0.1) is 0 Å². The second-order valence-electron chi connectivity index (χ2n) is 2.77. The van der Waals surface area contributed by atoms with Crippen molar-refractivity contribution in [3.8, 4) is 0 Å². The summed E-state index contributed by atoms with van der Waals surface area (Å²) >= 11 is 0. The number of nitrogens with zero attached hydrogens (tertiary/aromatic N) is 1. The first-order valence-corrected chi connectivity index (χ1v) is 4.23. The maximum atomic E-state index is 5.09. The zero-order chi connectivity index (χ0) is 8.27. The molecule has 0 fully saturated rings. The Hall–Kier alpha value is -0.790. The minimum atomic E-state index is 0.982. The molecule has 0 bridgehead atoms. The second-order valence-corrected chi connectivity index (χ2v) is 2.77. The van der Waals surface area contributed by atoms with Crippen LogP contribution in [0.15, 0.2) is 4.52 Å². The van der Waals surface area contributed by atoms with E-state index in [-0.39, 0.29) is 0 Å².